The highest BCUT2D eigenvalue weighted by atomic mass is 32.2. The fourth-order valence-electron chi connectivity index (χ4n) is 0.941. The number of nitrogens with one attached hydrogen (secondary N) is 1. The molecule has 0 heterocycles. The maximum Gasteiger partial charge on any atom is 0.323 e. The molecule has 5 N–H and O–H groups in total. The maximum absolute atomic E-state index is 11.2. The van der Waals surface area contributed by atoms with Crippen LogP contribution in [0.4, 0.5) is 0 Å². The second-order valence-corrected chi connectivity index (χ2v) is 4.22. The minimum absolute atomic E-state index is 0.153. The molecule has 1 rings (SSSR count). The lowest BCUT2D eigenvalue weighted by atomic mass is 10.2. The number of rotatable bonds is 4. The predicted molar refractivity (Wildman–Crippen MR) is 58.0 cm³/mol. The summed E-state index contributed by atoms with van der Waals surface area (Å²) in [7, 11) is -3.79. The molecule has 7 heteroatoms. The number of nitrogens with two attached hydrogens (primary N) is 2. The minimum Gasteiger partial charge on any atom is -0.369 e. The van der Waals surface area contributed by atoms with Crippen molar-refractivity contribution in [3.8, 4) is 0 Å². The molecule has 0 radical (unpaired) electrons. The first-order valence-corrected chi connectivity index (χ1v) is 5.58. The lowest BCUT2D eigenvalue weighted by Gasteiger charge is -2.02. The summed E-state index contributed by atoms with van der Waals surface area (Å²) in [6.07, 6.45) is 0. The van der Waals surface area contributed by atoms with E-state index in [9.17, 15) is 8.42 Å². The summed E-state index contributed by atoms with van der Waals surface area (Å²) in [5.74, 6) is -0.490. The minimum atomic E-state index is -3.79. The lowest BCUT2D eigenvalue weighted by molar-refractivity contribution is 0.583. The molecule has 82 valence electrons. The highest BCUT2D eigenvalue weighted by Gasteiger charge is 2.06. The average molecular weight is 228 g/mol. The van der Waals surface area contributed by atoms with Crippen LogP contribution >= 0.6 is 0 Å². The quantitative estimate of drug-likeness (QED) is 0.467. The average Bonchev–Trinajstić information content (AvgIpc) is 2.15. The molecule has 15 heavy (non-hydrogen) atoms. The van der Waals surface area contributed by atoms with E-state index in [2.05, 4.69) is 9.12 Å². The van der Waals surface area contributed by atoms with Crippen LogP contribution in [0.5, 0.6) is 0 Å². The lowest BCUT2D eigenvalue weighted by Crippen LogP contribution is -2.29. The van der Waals surface area contributed by atoms with Crippen LogP contribution in [0.3, 0.4) is 0 Å². The van der Waals surface area contributed by atoms with Crippen LogP contribution < -0.4 is 16.2 Å². The van der Waals surface area contributed by atoms with Gasteiger partial charge in [0.25, 0.3) is 0 Å². The summed E-state index contributed by atoms with van der Waals surface area (Å²) in [5.41, 5.74) is 10.7. The van der Waals surface area contributed by atoms with Crippen LogP contribution in [0.1, 0.15) is 5.56 Å². The molecule has 0 saturated carbocycles. The van der Waals surface area contributed by atoms with Crippen molar-refractivity contribution in [2.24, 2.45) is 15.9 Å². The highest BCUT2D eigenvalue weighted by molar-refractivity contribution is 7.88. The third-order valence-electron chi connectivity index (χ3n) is 1.53. The molecule has 0 bridgehead atoms. The molecule has 0 amide bonds. The Balaban J connectivity index is 2.62. The Bertz CT molecular complexity index is 437. The standard InChI is InChI=1S/C8H12N4O2S/c9-8(10)12-15(13,14)11-6-7-4-2-1-3-5-7/h1-5,11H,6H2,(H4,9,10,12). The van der Waals surface area contributed by atoms with Gasteiger partial charge in [-0.25, -0.2) is 0 Å². The number of nitrogens with zero attached hydrogens (tertiary/aromatic N) is 1. The van der Waals surface area contributed by atoms with Crippen molar-refractivity contribution in [2.75, 3.05) is 0 Å². The Morgan fingerprint density at radius 2 is 1.87 bits per heavy atom. The van der Waals surface area contributed by atoms with Gasteiger partial charge in [-0.15, -0.1) is 4.40 Å². The molecular weight excluding hydrogens is 216 g/mol. The molecule has 0 fully saturated rings. The van der Waals surface area contributed by atoms with Crippen molar-refractivity contribution in [3.63, 3.8) is 0 Å². The van der Waals surface area contributed by atoms with E-state index in [0.29, 0.717) is 0 Å². The van der Waals surface area contributed by atoms with Gasteiger partial charge in [-0.1, -0.05) is 30.3 Å². The molecule has 1 aromatic rings. The molecule has 0 aliphatic heterocycles. The predicted octanol–water partition coefficient (Wildman–Crippen LogP) is -0.706. The fraction of sp³-hybridized carbons (Fsp3) is 0.125. The van der Waals surface area contributed by atoms with Gasteiger partial charge in [-0.2, -0.15) is 13.1 Å². The second-order valence-electron chi connectivity index (χ2n) is 2.80. The van der Waals surface area contributed by atoms with E-state index in [1.54, 1.807) is 12.1 Å². The monoisotopic (exact) mass is 228 g/mol. The third kappa shape index (κ3) is 4.43. The second kappa shape index (κ2) is 4.76. The molecule has 0 saturated heterocycles. The van der Waals surface area contributed by atoms with Crippen LogP contribution in [0.15, 0.2) is 34.7 Å². The molecule has 0 spiro atoms. The zero-order valence-electron chi connectivity index (χ0n) is 7.92. The molecule has 0 aliphatic rings. The van der Waals surface area contributed by atoms with E-state index in [4.69, 9.17) is 11.5 Å². The van der Waals surface area contributed by atoms with E-state index in [-0.39, 0.29) is 6.54 Å². The smallest absolute Gasteiger partial charge is 0.323 e. The number of guanidine groups is 1. The van der Waals surface area contributed by atoms with Crippen molar-refractivity contribution >= 4 is 16.2 Å². The molecule has 0 atom stereocenters. The topological polar surface area (TPSA) is 111 Å². The number of hydrogen-bond acceptors (Lipinski definition) is 2. The van der Waals surface area contributed by atoms with Gasteiger partial charge in [0.2, 0.25) is 5.96 Å². The van der Waals surface area contributed by atoms with E-state index < -0.39 is 16.2 Å². The zero-order valence-corrected chi connectivity index (χ0v) is 8.74. The summed E-state index contributed by atoms with van der Waals surface area (Å²) in [4.78, 5) is 0. The SMILES string of the molecule is NC(N)=NS(=O)(=O)NCc1ccccc1. The van der Waals surface area contributed by atoms with Gasteiger partial charge in [0.15, 0.2) is 0 Å². The van der Waals surface area contributed by atoms with Gasteiger partial charge in [0.1, 0.15) is 0 Å². The first kappa shape index (κ1) is 11.5. The van der Waals surface area contributed by atoms with Gasteiger partial charge >= 0.3 is 10.2 Å². The normalized spacial score (nSPS) is 10.9. The van der Waals surface area contributed by atoms with Gasteiger partial charge in [-0.05, 0) is 5.56 Å². The van der Waals surface area contributed by atoms with Crippen LogP contribution in [-0.2, 0) is 16.8 Å². The summed E-state index contributed by atoms with van der Waals surface area (Å²) in [5, 5.41) is 0. The van der Waals surface area contributed by atoms with E-state index in [1.807, 2.05) is 18.2 Å². The Morgan fingerprint density at radius 1 is 1.27 bits per heavy atom. The van der Waals surface area contributed by atoms with Gasteiger partial charge in [0, 0.05) is 6.54 Å². The number of hydrogen-bond donors (Lipinski definition) is 3. The van der Waals surface area contributed by atoms with Crippen molar-refractivity contribution in [1.82, 2.24) is 4.72 Å². The first-order chi connectivity index (χ1) is 6.99. The van der Waals surface area contributed by atoms with Crippen LogP contribution in [0.2, 0.25) is 0 Å². The molecule has 0 aliphatic carbocycles. The van der Waals surface area contributed by atoms with Crippen molar-refractivity contribution in [1.29, 1.82) is 0 Å². The van der Waals surface area contributed by atoms with Crippen molar-refractivity contribution < 1.29 is 8.42 Å². The summed E-state index contributed by atoms with van der Waals surface area (Å²) in [6.45, 7) is 0.153. The maximum atomic E-state index is 11.2. The first-order valence-electron chi connectivity index (χ1n) is 4.14. The Labute approximate surface area is 88.2 Å². The fourth-order valence-corrected chi connectivity index (χ4v) is 1.63. The molecule has 0 aromatic heterocycles. The molecule has 6 nitrogen and oxygen atoms in total. The van der Waals surface area contributed by atoms with E-state index >= 15 is 0 Å². The van der Waals surface area contributed by atoms with E-state index in [0.717, 1.165) is 5.56 Å². The Kier molecular flexibility index (Phi) is 3.64. The molecule has 1 aromatic carbocycles. The van der Waals surface area contributed by atoms with Gasteiger partial charge in [-0.3, -0.25) is 0 Å². The number of benzene rings is 1. The van der Waals surface area contributed by atoms with Crippen LogP contribution in [0.25, 0.3) is 0 Å². The third-order valence-corrected chi connectivity index (χ3v) is 2.49. The van der Waals surface area contributed by atoms with Crippen molar-refractivity contribution in [2.45, 2.75) is 6.54 Å². The molecule has 0 unspecified atom stereocenters. The highest BCUT2D eigenvalue weighted by Crippen LogP contribution is 1.98. The Hall–Kier alpha value is -1.60. The van der Waals surface area contributed by atoms with Crippen molar-refractivity contribution in [3.05, 3.63) is 35.9 Å². The van der Waals surface area contributed by atoms with E-state index in [1.165, 1.54) is 0 Å². The summed E-state index contributed by atoms with van der Waals surface area (Å²) < 4.78 is 27.6. The largest absolute Gasteiger partial charge is 0.369 e. The van der Waals surface area contributed by atoms with Crippen LogP contribution in [0, 0.1) is 0 Å². The van der Waals surface area contributed by atoms with Gasteiger partial charge < -0.3 is 11.5 Å². The summed E-state index contributed by atoms with van der Waals surface area (Å²) >= 11 is 0. The van der Waals surface area contributed by atoms with Crippen LogP contribution in [-0.4, -0.2) is 14.4 Å². The Morgan fingerprint density at radius 3 is 2.40 bits per heavy atom. The molecular formula is C8H12N4O2S. The zero-order chi connectivity index (χ0) is 11.3. The summed E-state index contributed by atoms with van der Waals surface area (Å²) in [6, 6.07) is 9.04. The van der Waals surface area contributed by atoms with Gasteiger partial charge in [0.05, 0.1) is 0 Å².